The lowest BCUT2D eigenvalue weighted by atomic mass is 10.1. The topological polar surface area (TPSA) is 109 Å². The van der Waals surface area contributed by atoms with E-state index in [9.17, 15) is 9.90 Å². The SMILES string of the molecule is Cc1cccc(NC(=O)C2=Cc3cc(Oc4ccnc(-c5ncc(CO)[nH]5)c4)ccc3OC2)c1. The number of imidazole rings is 1. The molecule has 0 fully saturated rings. The quantitative estimate of drug-likeness (QED) is 0.396. The molecule has 3 heterocycles. The molecule has 0 saturated heterocycles. The number of hydrogen-bond donors (Lipinski definition) is 3. The van der Waals surface area contributed by atoms with Crippen LogP contribution in [-0.4, -0.2) is 32.6 Å². The fourth-order valence-electron chi connectivity index (χ4n) is 3.59. The van der Waals surface area contributed by atoms with Crippen LogP contribution in [0.1, 0.15) is 16.8 Å². The van der Waals surface area contributed by atoms with Gasteiger partial charge < -0.3 is 24.9 Å². The Balaban J connectivity index is 1.34. The molecule has 0 unspecified atom stereocenters. The second-order valence-electron chi connectivity index (χ2n) is 7.88. The molecular formula is C26H22N4O4. The molecule has 8 heteroatoms. The molecule has 0 atom stereocenters. The molecule has 0 spiro atoms. The number of aliphatic hydroxyl groups excluding tert-OH is 1. The van der Waals surface area contributed by atoms with Crippen LogP contribution in [0.3, 0.4) is 0 Å². The number of aliphatic hydroxyl groups is 1. The minimum absolute atomic E-state index is 0.126. The third-order valence-electron chi connectivity index (χ3n) is 5.27. The number of H-pyrrole nitrogens is 1. The van der Waals surface area contributed by atoms with E-state index in [2.05, 4.69) is 20.3 Å². The highest BCUT2D eigenvalue weighted by molar-refractivity contribution is 6.07. The van der Waals surface area contributed by atoms with Crippen LogP contribution in [0.5, 0.6) is 17.2 Å². The number of aromatic amines is 1. The van der Waals surface area contributed by atoms with Crippen molar-refractivity contribution < 1.29 is 19.4 Å². The zero-order valence-corrected chi connectivity index (χ0v) is 18.4. The summed E-state index contributed by atoms with van der Waals surface area (Å²) in [6.45, 7) is 2.04. The monoisotopic (exact) mass is 454 g/mol. The lowest BCUT2D eigenvalue weighted by molar-refractivity contribution is -0.113. The Morgan fingerprint density at radius 3 is 2.85 bits per heavy atom. The molecule has 2 aromatic carbocycles. The van der Waals surface area contributed by atoms with Gasteiger partial charge in [-0.25, -0.2) is 4.98 Å². The number of pyridine rings is 1. The number of hydrogen-bond acceptors (Lipinski definition) is 6. The maximum absolute atomic E-state index is 12.7. The van der Waals surface area contributed by atoms with Crippen molar-refractivity contribution >= 4 is 17.7 Å². The number of rotatable bonds is 6. The first-order chi connectivity index (χ1) is 16.6. The number of nitrogens with one attached hydrogen (secondary N) is 2. The van der Waals surface area contributed by atoms with Crippen LogP contribution in [0.15, 0.2) is 72.6 Å². The van der Waals surface area contributed by atoms with Crippen molar-refractivity contribution in [3.05, 3.63) is 89.4 Å². The largest absolute Gasteiger partial charge is 0.488 e. The van der Waals surface area contributed by atoms with Crippen molar-refractivity contribution in [1.29, 1.82) is 0 Å². The van der Waals surface area contributed by atoms with Crippen LogP contribution < -0.4 is 14.8 Å². The number of anilines is 1. The summed E-state index contributed by atoms with van der Waals surface area (Å²) in [5.41, 5.74) is 4.28. The van der Waals surface area contributed by atoms with Gasteiger partial charge in [-0.15, -0.1) is 0 Å². The Kier molecular flexibility index (Phi) is 5.80. The maximum Gasteiger partial charge on any atom is 0.255 e. The van der Waals surface area contributed by atoms with E-state index in [1.54, 1.807) is 30.6 Å². The number of benzene rings is 2. The van der Waals surface area contributed by atoms with Gasteiger partial charge in [-0.1, -0.05) is 12.1 Å². The number of carbonyl (C=O) groups excluding carboxylic acids is 1. The highest BCUT2D eigenvalue weighted by Crippen LogP contribution is 2.33. The van der Waals surface area contributed by atoms with Gasteiger partial charge in [-0.3, -0.25) is 9.78 Å². The predicted octanol–water partition coefficient (Wildman–Crippen LogP) is 4.48. The smallest absolute Gasteiger partial charge is 0.255 e. The Hall–Kier alpha value is -4.43. The van der Waals surface area contributed by atoms with Gasteiger partial charge >= 0.3 is 0 Å². The van der Waals surface area contributed by atoms with Gasteiger partial charge in [0.25, 0.3) is 5.91 Å². The minimum Gasteiger partial charge on any atom is -0.488 e. The summed E-state index contributed by atoms with van der Waals surface area (Å²) in [6.07, 6.45) is 5.00. The summed E-state index contributed by atoms with van der Waals surface area (Å²) in [6, 6.07) is 16.6. The van der Waals surface area contributed by atoms with Crippen LogP contribution in [-0.2, 0) is 11.4 Å². The average molecular weight is 454 g/mol. The van der Waals surface area contributed by atoms with E-state index >= 15 is 0 Å². The molecule has 170 valence electrons. The fourth-order valence-corrected chi connectivity index (χ4v) is 3.59. The second-order valence-corrected chi connectivity index (χ2v) is 7.88. The van der Waals surface area contributed by atoms with E-state index in [4.69, 9.17) is 9.47 Å². The zero-order chi connectivity index (χ0) is 23.5. The van der Waals surface area contributed by atoms with E-state index in [1.165, 1.54) is 0 Å². The van der Waals surface area contributed by atoms with Crippen LogP contribution in [0, 0.1) is 6.92 Å². The summed E-state index contributed by atoms with van der Waals surface area (Å²) in [5, 5.41) is 12.1. The molecule has 0 saturated carbocycles. The molecule has 3 N–H and O–H groups in total. The Bertz CT molecular complexity index is 1390. The molecule has 1 amide bonds. The summed E-state index contributed by atoms with van der Waals surface area (Å²) in [4.78, 5) is 24.3. The third-order valence-corrected chi connectivity index (χ3v) is 5.27. The molecule has 0 radical (unpaired) electrons. The van der Waals surface area contributed by atoms with E-state index in [0.29, 0.717) is 40.0 Å². The molecule has 5 rings (SSSR count). The molecule has 34 heavy (non-hydrogen) atoms. The van der Waals surface area contributed by atoms with Gasteiger partial charge in [0.05, 0.1) is 24.1 Å². The van der Waals surface area contributed by atoms with E-state index in [-0.39, 0.29) is 19.1 Å². The molecule has 8 nitrogen and oxygen atoms in total. The number of amides is 1. The van der Waals surface area contributed by atoms with Gasteiger partial charge in [0.15, 0.2) is 5.82 Å². The van der Waals surface area contributed by atoms with Crippen molar-refractivity contribution in [3.8, 4) is 28.8 Å². The number of aromatic nitrogens is 3. The molecule has 2 aromatic heterocycles. The first kappa shape index (κ1) is 21.4. The van der Waals surface area contributed by atoms with Crippen molar-refractivity contribution in [2.24, 2.45) is 0 Å². The van der Waals surface area contributed by atoms with Gasteiger partial charge in [0.1, 0.15) is 29.5 Å². The van der Waals surface area contributed by atoms with Gasteiger partial charge in [-0.2, -0.15) is 0 Å². The lowest BCUT2D eigenvalue weighted by Crippen LogP contribution is -2.21. The normalized spacial score (nSPS) is 12.4. The Morgan fingerprint density at radius 1 is 1.15 bits per heavy atom. The van der Waals surface area contributed by atoms with E-state index in [0.717, 1.165) is 16.8 Å². The van der Waals surface area contributed by atoms with E-state index in [1.807, 2.05) is 49.4 Å². The Labute approximate surface area is 195 Å². The number of aryl methyl sites for hydroxylation is 1. The maximum atomic E-state index is 12.7. The summed E-state index contributed by atoms with van der Waals surface area (Å²) in [5.74, 6) is 2.18. The van der Waals surface area contributed by atoms with Crippen molar-refractivity contribution in [2.75, 3.05) is 11.9 Å². The number of nitrogens with zero attached hydrogens (tertiary/aromatic N) is 2. The fraction of sp³-hybridized carbons (Fsp3) is 0.115. The summed E-state index contributed by atoms with van der Waals surface area (Å²) < 4.78 is 11.8. The molecule has 0 aliphatic carbocycles. The van der Waals surface area contributed by atoms with Gasteiger partial charge in [0, 0.05) is 23.5 Å². The number of ether oxygens (including phenoxy) is 2. The van der Waals surface area contributed by atoms with Crippen molar-refractivity contribution in [3.63, 3.8) is 0 Å². The van der Waals surface area contributed by atoms with Gasteiger partial charge in [-0.05, 0) is 55.0 Å². The van der Waals surface area contributed by atoms with Crippen LogP contribution in [0.25, 0.3) is 17.6 Å². The average Bonchev–Trinajstić information content (AvgIpc) is 3.33. The zero-order valence-electron chi connectivity index (χ0n) is 18.4. The minimum atomic E-state index is -0.206. The summed E-state index contributed by atoms with van der Waals surface area (Å²) in [7, 11) is 0. The lowest BCUT2D eigenvalue weighted by Gasteiger charge is -2.18. The van der Waals surface area contributed by atoms with Gasteiger partial charge in [0.2, 0.25) is 0 Å². The molecule has 4 aromatic rings. The van der Waals surface area contributed by atoms with Crippen LogP contribution in [0.2, 0.25) is 0 Å². The Morgan fingerprint density at radius 2 is 2.03 bits per heavy atom. The highest BCUT2D eigenvalue weighted by atomic mass is 16.5. The molecular weight excluding hydrogens is 432 g/mol. The molecule has 1 aliphatic heterocycles. The first-order valence-electron chi connectivity index (χ1n) is 10.7. The summed E-state index contributed by atoms with van der Waals surface area (Å²) >= 11 is 0. The first-order valence-corrected chi connectivity index (χ1v) is 10.7. The second kappa shape index (κ2) is 9.21. The number of carbonyl (C=O) groups is 1. The number of fused-ring (bicyclic) bond motifs is 1. The van der Waals surface area contributed by atoms with Crippen LogP contribution >= 0.6 is 0 Å². The van der Waals surface area contributed by atoms with Crippen LogP contribution in [0.4, 0.5) is 5.69 Å². The third kappa shape index (κ3) is 4.67. The van der Waals surface area contributed by atoms with Crippen molar-refractivity contribution in [2.45, 2.75) is 13.5 Å². The van der Waals surface area contributed by atoms with Crippen molar-refractivity contribution in [1.82, 2.24) is 15.0 Å². The molecule has 1 aliphatic rings. The molecule has 0 bridgehead atoms. The standard InChI is InChI=1S/C26H22N4O4/c1-16-3-2-4-19(9-16)30-26(32)18-10-17-11-21(5-6-24(17)33-15-18)34-22-7-8-27-23(12-22)25-28-13-20(14-31)29-25/h2-13,31H,14-15H2,1H3,(H,28,29)(H,30,32). The van der Waals surface area contributed by atoms with E-state index < -0.39 is 0 Å². The predicted molar refractivity (Wildman–Crippen MR) is 128 cm³/mol. The highest BCUT2D eigenvalue weighted by Gasteiger charge is 2.18.